The van der Waals surface area contributed by atoms with Gasteiger partial charge in [0, 0.05) is 0 Å². The van der Waals surface area contributed by atoms with Crippen molar-refractivity contribution in [1.29, 1.82) is 0 Å². The van der Waals surface area contributed by atoms with Crippen molar-refractivity contribution in [2.75, 3.05) is 0 Å². The Morgan fingerprint density at radius 2 is 1.83 bits per heavy atom. The second-order valence-corrected chi connectivity index (χ2v) is 5.87. The van der Waals surface area contributed by atoms with E-state index in [1.54, 1.807) is 0 Å². The summed E-state index contributed by atoms with van der Waals surface area (Å²) >= 11 is 0. The summed E-state index contributed by atoms with van der Waals surface area (Å²) in [5.74, 6) is 1.25. The zero-order chi connectivity index (χ0) is 13.0. The summed E-state index contributed by atoms with van der Waals surface area (Å²) in [4.78, 5) is 0. The summed E-state index contributed by atoms with van der Waals surface area (Å²) in [6.07, 6.45) is 7.06. The second-order valence-electron chi connectivity index (χ2n) is 5.87. The first-order valence-corrected chi connectivity index (χ1v) is 7.44. The number of hydrogen-bond donors (Lipinski definition) is 1. The first-order valence-electron chi connectivity index (χ1n) is 7.44. The van der Waals surface area contributed by atoms with Crippen LogP contribution < -0.4 is 0 Å². The molecule has 100 valence electrons. The van der Waals surface area contributed by atoms with Crippen LogP contribution in [0.2, 0.25) is 0 Å². The van der Waals surface area contributed by atoms with Crippen LogP contribution in [0, 0.1) is 18.8 Å². The van der Waals surface area contributed by atoms with Crippen LogP contribution >= 0.6 is 0 Å². The SMILES string of the molecule is CCC1CCCCC1C(O)Cc1ccc(C)cc1. The van der Waals surface area contributed by atoms with Gasteiger partial charge in [-0.3, -0.25) is 0 Å². The van der Waals surface area contributed by atoms with Crippen molar-refractivity contribution >= 4 is 0 Å². The average Bonchev–Trinajstić information content (AvgIpc) is 2.41. The largest absolute Gasteiger partial charge is 0.392 e. The van der Waals surface area contributed by atoms with Crippen LogP contribution in [-0.2, 0) is 6.42 Å². The molecule has 0 amide bonds. The van der Waals surface area contributed by atoms with Crippen LogP contribution in [0.5, 0.6) is 0 Å². The predicted octanol–water partition coefficient (Wildman–Crippen LogP) is 4.11. The molecule has 0 heterocycles. The van der Waals surface area contributed by atoms with Crippen molar-refractivity contribution in [3.8, 4) is 0 Å². The maximum atomic E-state index is 10.5. The third-order valence-corrected chi connectivity index (χ3v) is 4.55. The molecule has 0 aliphatic heterocycles. The molecule has 1 aliphatic carbocycles. The lowest BCUT2D eigenvalue weighted by Crippen LogP contribution is -2.32. The Bertz CT molecular complexity index is 354. The summed E-state index contributed by atoms with van der Waals surface area (Å²) in [5, 5.41) is 10.5. The van der Waals surface area contributed by atoms with E-state index < -0.39 is 0 Å². The van der Waals surface area contributed by atoms with Crippen molar-refractivity contribution in [2.24, 2.45) is 11.8 Å². The smallest absolute Gasteiger partial charge is 0.0611 e. The minimum absolute atomic E-state index is 0.155. The first kappa shape index (κ1) is 13.6. The van der Waals surface area contributed by atoms with Crippen molar-refractivity contribution in [3.05, 3.63) is 35.4 Å². The van der Waals surface area contributed by atoms with Gasteiger partial charge in [-0.1, -0.05) is 62.4 Å². The quantitative estimate of drug-likeness (QED) is 0.847. The van der Waals surface area contributed by atoms with Crippen molar-refractivity contribution in [2.45, 2.75) is 58.5 Å². The van der Waals surface area contributed by atoms with Crippen LogP contribution in [0.25, 0.3) is 0 Å². The summed E-state index contributed by atoms with van der Waals surface area (Å²) in [6.45, 7) is 4.37. The summed E-state index contributed by atoms with van der Waals surface area (Å²) in [7, 11) is 0. The molecule has 1 aromatic carbocycles. The molecular weight excluding hydrogens is 220 g/mol. The first-order chi connectivity index (χ1) is 8.70. The molecule has 3 atom stereocenters. The fourth-order valence-electron chi connectivity index (χ4n) is 3.37. The molecule has 3 unspecified atom stereocenters. The van der Waals surface area contributed by atoms with Gasteiger partial charge in [0.05, 0.1) is 6.10 Å². The highest BCUT2D eigenvalue weighted by Gasteiger charge is 2.29. The van der Waals surface area contributed by atoms with Crippen molar-refractivity contribution in [1.82, 2.24) is 0 Å². The number of aryl methyl sites for hydroxylation is 1. The average molecular weight is 246 g/mol. The molecule has 1 N–H and O–H groups in total. The Hall–Kier alpha value is -0.820. The molecule has 0 radical (unpaired) electrons. The molecule has 1 saturated carbocycles. The lowest BCUT2D eigenvalue weighted by atomic mass is 9.74. The van der Waals surface area contributed by atoms with Crippen LogP contribution in [0.3, 0.4) is 0 Å². The summed E-state index contributed by atoms with van der Waals surface area (Å²) in [6, 6.07) is 8.59. The van der Waals surface area contributed by atoms with E-state index >= 15 is 0 Å². The molecule has 1 aromatic rings. The summed E-state index contributed by atoms with van der Waals surface area (Å²) in [5.41, 5.74) is 2.56. The highest BCUT2D eigenvalue weighted by atomic mass is 16.3. The molecule has 0 saturated heterocycles. The molecule has 0 spiro atoms. The van der Waals surface area contributed by atoms with Gasteiger partial charge in [0.15, 0.2) is 0 Å². The Balaban J connectivity index is 1.97. The molecule has 1 aliphatic rings. The Morgan fingerprint density at radius 3 is 2.50 bits per heavy atom. The number of aliphatic hydroxyl groups is 1. The van der Waals surface area contributed by atoms with E-state index in [9.17, 15) is 5.11 Å². The molecule has 0 bridgehead atoms. The van der Waals surface area contributed by atoms with Gasteiger partial charge >= 0.3 is 0 Å². The molecule has 1 heteroatoms. The second kappa shape index (κ2) is 6.38. The van der Waals surface area contributed by atoms with Gasteiger partial charge in [0.1, 0.15) is 0 Å². The zero-order valence-corrected chi connectivity index (χ0v) is 11.7. The highest BCUT2D eigenvalue weighted by Crippen LogP contribution is 2.35. The Kier molecular flexibility index (Phi) is 4.82. The van der Waals surface area contributed by atoms with E-state index in [1.807, 2.05) is 0 Å². The van der Waals surface area contributed by atoms with E-state index in [2.05, 4.69) is 38.1 Å². The topological polar surface area (TPSA) is 20.2 Å². The highest BCUT2D eigenvalue weighted by molar-refractivity contribution is 5.22. The van der Waals surface area contributed by atoms with Gasteiger partial charge < -0.3 is 5.11 Å². The third-order valence-electron chi connectivity index (χ3n) is 4.55. The standard InChI is InChI=1S/C17H26O/c1-3-15-6-4-5-7-16(15)17(18)12-14-10-8-13(2)9-11-14/h8-11,15-18H,3-7,12H2,1-2H3. The predicted molar refractivity (Wildman–Crippen MR) is 76.6 cm³/mol. The van der Waals surface area contributed by atoms with E-state index in [1.165, 1.54) is 43.2 Å². The molecule has 18 heavy (non-hydrogen) atoms. The molecular formula is C17H26O. The fraction of sp³-hybridized carbons (Fsp3) is 0.647. The van der Waals surface area contributed by atoms with Crippen molar-refractivity contribution in [3.63, 3.8) is 0 Å². The van der Waals surface area contributed by atoms with Crippen LogP contribution in [-0.4, -0.2) is 11.2 Å². The minimum Gasteiger partial charge on any atom is -0.392 e. The third kappa shape index (κ3) is 3.35. The van der Waals surface area contributed by atoms with Gasteiger partial charge in [-0.25, -0.2) is 0 Å². The van der Waals surface area contributed by atoms with Crippen LogP contribution in [0.15, 0.2) is 24.3 Å². The molecule has 2 rings (SSSR count). The lowest BCUT2D eigenvalue weighted by molar-refractivity contribution is 0.0464. The number of aliphatic hydroxyl groups excluding tert-OH is 1. The normalized spacial score (nSPS) is 25.9. The van der Waals surface area contributed by atoms with Gasteiger partial charge in [0.25, 0.3) is 0 Å². The van der Waals surface area contributed by atoms with Crippen LogP contribution in [0.1, 0.15) is 50.2 Å². The maximum absolute atomic E-state index is 10.5. The number of rotatable bonds is 4. The van der Waals surface area contributed by atoms with E-state index in [-0.39, 0.29) is 6.10 Å². The number of benzene rings is 1. The van der Waals surface area contributed by atoms with Gasteiger partial charge in [-0.15, -0.1) is 0 Å². The van der Waals surface area contributed by atoms with Gasteiger partial charge in [0.2, 0.25) is 0 Å². The molecule has 0 aromatic heterocycles. The van der Waals surface area contributed by atoms with E-state index in [0.717, 1.165) is 12.3 Å². The fourth-order valence-corrected chi connectivity index (χ4v) is 3.37. The van der Waals surface area contributed by atoms with Crippen molar-refractivity contribution < 1.29 is 5.11 Å². The van der Waals surface area contributed by atoms with E-state index in [4.69, 9.17) is 0 Å². The monoisotopic (exact) mass is 246 g/mol. The maximum Gasteiger partial charge on any atom is 0.0611 e. The molecule has 1 fully saturated rings. The zero-order valence-electron chi connectivity index (χ0n) is 11.7. The minimum atomic E-state index is -0.155. The van der Waals surface area contributed by atoms with E-state index in [0.29, 0.717) is 5.92 Å². The number of hydrogen-bond acceptors (Lipinski definition) is 1. The summed E-state index contributed by atoms with van der Waals surface area (Å²) < 4.78 is 0. The lowest BCUT2D eigenvalue weighted by Gasteiger charge is -2.34. The molecule has 1 nitrogen and oxygen atoms in total. The van der Waals surface area contributed by atoms with Gasteiger partial charge in [-0.2, -0.15) is 0 Å². The Labute approximate surface area is 111 Å². The van der Waals surface area contributed by atoms with Gasteiger partial charge in [-0.05, 0) is 37.2 Å². The van der Waals surface area contributed by atoms with Crippen LogP contribution in [0.4, 0.5) is 0 Å². The Morgan fingerprint density at radius 1 is 1.17 bits per heavy atom.